The molecule has 0 heterocycles. The summed E-state index contributed by atoms with van der Waals surface area (Å²) in [7, 11) is -7.64. The second-order valence-corrected chi connectivity index (χ2v) is 11.6. The Morgan fingerprint density at radius 1 is 0.912 bits per heavy atom. The van der Waals surface area contributed by atoms with Crippen LogP contribution in [0.4, 0.5) is 17.1 Å². The third-order valence-corrected chi connectivity index (χ3v) is 7.82. The number of rotatable bonds is 8. The van der Waals surface area contributed by atoms with E-state index in [9.17, 15) is 21.6 Å². The number of amides is 1. The summed E-state index contributed by atoms with van der Waals surface area (Å²) in [6.45, 7) is 3.18. The van der Waals surface area contributed by atoms with Crippen LogP contribution in [-0.2, 0) is 24.8 Å². The molecule has 0 bridgehead atoms. The Balaban J connectivity index is 1.79. The van der Waals surface area contributed by atoms with E-state index >= 15 is 0 Å². The number of aryl methyl sites for hydroxylation is 1. The molecule has 0 saturated carbocycles. The topological polar surface area (TPSA) is 113 Å². The third-order valence-electron chi connectivity index (χ3n) is 4.96. The average molecular weight is 522 g/mol. The van der Waals surface area contributed by atoms with E-state index in [0.717, 1.165) is 10.6 Å². The maximum atomic E-state index is 12.9. The molecular formula is C23H24ClN3O5S2. The van der Waals surface area contributed by atoms with Crippen molar-refractivity contribution in [2.45, 2.75) is 24.8 Å². The van der Waals surface area contributed by atoms with E-state index in [4.69, 9.17) is 11.6 Å². The zero-order valence-electron chi connectivity index (χ0n) is 18.7. The van der Waals surface area contributed by atoms with Crippen molar-refractivity contribution < 1.29 is 21.6 Å². The Bertz CT molecular complexity index is 1390. The maximum Gasteiger partial charge on any atom is 0.261 e. The van der Waals surface area contributed by atoms with Gasteiger partial charge in [-0.15, -0.1) is 0 Å². The highest BCUT2D eigenvalue weighted by molar-refractivity contribution is 7.92. The predicted molar refractivity (Wildman–Crippen MR) is 135 cm³/mol. The Morgan fingerprint density at radius 2 is 1.53 bits per heavy atom. The van der Waals surface area contributed by atoms with Gasteiger partial charge < -0.3 is 5.32 Å². The van der Waals surface area contributed by atoms with Crippen LogP contribution in [0.1, 0.15) is 12.5 Å². The van der Waals surface area contributed by atoms with E-state index in [1.807, 2.05) is 0 Å². The van der Waals surface area contributed by atoms with Crippen LogP contribution < -0.4 is 14.3 Å². The Hall–Kier alpha value is -3.08. The summed E-state index contributed by atoms with van der Waals surface area (Å²) in [5.74, 6) is -0.595. The van der Waals surface area contributed by atoms with Crippen molar-refractivity contribution in [2.75, 3.05) is 20.6 Å². The first kappa shape index (κ1) is 25.5. The van der Waals surface area contributed by atoms with Crippen LogP contribution >= 0.6 is 11.6 Å². The highest BCUT2D eigenvalue weighted by Crippen LogP contribution is 2.28. The molecule has 3 rings (SSSR count). The van der Waals surface area contributed by atoms with Gasteiger partial charge in [0.05, 0.1) is 16.8 Å². The number of para-hydroxylation sites is 1. The molecule has 0 spiro atoms. The average Bonchev–Trinajstić information content (AvgIpc) is 2.76. The van der Waals surface area contributed by atoms with Crippen molar-refractivity contribution in [3.63, 3.8) is 0 Å². The van der Waals surface area contributed by atoms with Gasteiger partial charge in [-0.1, -0.05) is 35.9 Å². The van der Waals surface area contributed by atoms with E-state index in [0.29, 0.717) is 27.6 Å². The number of halogens is 1. The fraction of sp³-hybridized carbons (Fsp3) is 0.174. The summed E-state index contributed by atoms with van der Waals surface area (Å²) in [5, 5.41) is 2.97. The quantitative estimate of drug-likeness (QED) is 0.460. The Kier molecular flexibility index (Phi) is 7.54. The third kappa shape index (κ3) is 6.07. The molecule has 0 aliphatic carbocycles. The van der Waals surface area contributed by atoms with E-state index in [1.165, 1.54) is 37.3 Å². The van der Waals surface area contributed by atoms with Crippen LogP contribution in [0.3, 0.4) is 0 Å². The van der Waals surface area contributed by atoms with Crippen LogP contribution in [0.5, 0.6) is 0 Å². The number of sulfonamides is 2. The molecule has 8 nitrogen and oxygen atoms in total. The van der Waals surface area contributed by atoms with E-state index in [-0.39, 0.29) is 4.90 Å². The SMILES string of the molecule is Cc1ccc(Cl)cc1N([C@H](C)C(=O)Nc1ccc(S(=O)(=O)Nc2ccccc2)cc1)S(C)(=O)=O. The molecule has 34 heavy (non-hydrogen) atoms. The van der Waals surface area contributed by atoms with E-state index < -0.39 is 32.0 Å². The van der Waals surface area contributed by atoms with Crippen LogP contribution in [0.25, 0.3) is 0 Å². The molecular weight excluding hydrogens is 498 g/mol. The van der Waals surface area contributed by atoms with E-state index in [1.54, 1.807) is 49.4 Å². The highest BCUT2D eigenvalue weighted by Gasteiger charge is 2.30. The van der Waals surface area contributed by atoms with Crippen molar-refractivity contribution in [3.05, 3.63) is 83.4 Å². The van der Waals surface area contributed by atoms with Gasteiger partial charge in [0.25, 0.3) is 10.0 Å². The summed E-state index contributed by atoms with van der Waals surface area (Å²) < 4.78 is 53.7. The molecule has 0 aromatic heterocycles. The van der Waals surface area contributed by atoms with Crippen LogP contribution in [0.2, 0.25) is 5.02 Å². The fourth-order valence-corrected chi connectivity index (χ4v) is 5.73. The molecule has 0 aliphatic rings. The molecule has 1 amide bonds. The maximum absolute atomic E-state index is 12.9. The lowest BCUT2D eigenvalue weighted by Gasteiger charge is -2.29. The van der Waals surface area contributed by atoms with Gasteiger partial charge in [-0.3, -0.25) is 13.8 Å². The number of anilines is 3. The first-order valence-electron chi connectivity index (χ1n) is 10.1. The zero-order valence-corrected chi connectivity index (χ0v) is 21.1. The number of carbonyl (C=O) groups is 1. The number of hydrogen-bond donors (Lipinski definition) is 2. The minimum Gasteiger partial charge on any atom is -0.324 e. The number of benzene rings is 3. The van der Waals surface area contributed by atoms with Gasteiger partial charge in [0.15, 0.2) is 0 Å². The van der Waals surface area contributed by atoms with Crippen molar-refractivity contribution in [2.24, 2.45) is 0 Å². The molecule has 3 aromatic rings. The highest BCUT2D eigenvalue weighted by atomic mass is 35.5. The normalized spacial score (nSPS) is 12.6. The second-order valence-electron chi connectivity index (χ2n) is 7.65. The van der Waals surface area contributed by atoms with Gasteiger partial charge in [-0.05, 0) is 67.9 Å². The van der Waals surface area contributed by atoms with Gasteiger partial charge in [-0.25, -0.2) is 16.8 Å². The zero-order chi connectivity index (χ0) is 25.1. The van der Waals surface area contributed by atoms with Crippen LogP contribution in [0, 0.1) is 6.92 Å². The summed E-state index contributed by atoms with van der Waals surface area (Å²) in [4.78, 5) is 12.9. The molecule has 11 heteroatoms. The summed E-state index contributed by atoms with van der Waals surface area (Å²) in [5.41, 5.74) is 1.67. The fourth-order valence-electron chi connectivity index (χ4n) is 3.29. The lowest BCUT2D eigenvalue weighted by Crippen LogP contribution is -2.45. The molecule has 180 valence electrons. The minimum atomic E-state index is -3.82. The van der Waals surface area contributed by atoms with Crippen molar-refractivity contribution in [1.29, 1.82) is 0 Å². The Labute approximate surface area is 204 Å². The number of hydrogen-bond acceptors (Lipinski definition) is 5. The van der Waals surface area contributed by atoms with Crippen LogP contribution in [-0.4, -0.2) is 35.0 Å². The lowest BCUT2D eigenvalue weighted by atomic mass is 10.1. The van der Waals surface area contributed by atoms with Gasteiger partial charge in [0, 0.05) is 16.4 Å². The Morgan fingerprint density at radius 3 is 2.12 bits per heavy atom. The molecule has 0 aliphatic heterocycles. The predicted octanol–water partition coefficient (Wildman–Crippen LogP) is 4.24. The first-order valence-corrected chi connectivity index (χ1v) is 13.8. The first-order chi connectivity index (χ1) is 15.9. The summed E-state index contributed by atoms with van der Waals surface area (Å²) in [6.07, 6.45) is 1.01. The lowest BCUT2D eigenvalue weighted by molar-refractivity contribution is -0.116. The second kappa shape index (κ2) is 10.0. The minimum absolute atomic E-state index is 0.00900. The molecule has 0 radical (unpaired) electrons. The number of nitrogens with zero attached hydrogens (tertiary/aromatic N) is 1. The van der Waals surface area contributed by atoms with Gasteiger partial charge in [-0.2, -0.15) is 0 Å². The molecule has 2 N–H and O–H groups in total. The van der Waals surface area contributed by atoms with Gasteiger partial charge in [0.1, 0.15) is 6.04 Å². The smallest absolute Gasteiger partial charge is 0.261 e. The summed E-state index contributed by atoms with van der Waals surface area (Å²) in [6, 6.07) is 17.7. The van der Waals surface area contributed by atoms with Crippen molar-refractivity contribution in [3.8, 4) is 0 Å². The number of carbonyl (C=O) groups excluding carboxylic acids is 1. The molecule has 3 aromatic carbocycles. The van der Waals surface area contributed by atoms with Gasteiger partial charge in [0.2, 0.25) is 15.9 Å². The largest absolute Gasteiger partial charge is 0.324 e. The van der Waals surface area contributed by atoms with E-state index in [2.05, 4.69) is 10.0 Å². The van der Waals surface area contributed by atoms with Crippen molar-refractivity contribution >= 4 is 54.6 Å². The standard InChI is InChI=1S/C23H24ClN3O5S2/c1-16-9-10-18(24)15-22(16)27(33(3,29)30)17(2)23(28)25-19-11-13-21(14-12-19)34(31,32)26-20-7-5-4-6-8-20/h4-15,17,26H,1-3H3,(H,25,28)/t17-/m1/s1. The molecule has 0 fully saturated rings. The molecule has 1 atom stereocenters. The van der Waals surface area contributed by atoms with Crippen LogP contribution in [0.15, 0.2) is 77.7 Å². The van der Waals surface area contributed by atoms with Gasteiger partial charge >= 0.3 is 0 Å². The molecule has 0 saturated heterocycles. The number of nitrogens with one attached hydrogen (secondary N) is 2. The monoisotopic (exact) mass is 521 g/mol. The summed E-state index contributed by atoms with van der Waals surface area (Å²) >= 11 is 6.05. The van der Waals surface area contributed by atoms with Crippen molar-refractivity contribution in [1.82, 2.24) is 0 Å². The molecule has 0 unspecified atom stereocenters.